The lowest BCUT2D eigenvalue weighted by molar-refractivity contribution is 0.114. The summed E-state index contributed by atoms with van der Waals surface area (Å²) in [4.78, 5) is 0. The molecule has 0 aliphatic heterocycles. The van der Waals surface area contributed by atoms with Crippen LogP contribution in [0.3, 0.4) is 0 Å². The first-order valence-corrected chi connectivity index (χ1v) is 3.82. The van der Waals surface area contributed by atoms with E-state index in [9.17, 15) is 13.2 Å². The quantitative estimate of drug-likeness (QED) is 0.759. The summed E-state index contributed by atoms with van der Waals surface area (Å²) in [6.07, 6.45) is -2.74. The van der Waals surface area contributed by atoms with Crippen molar-refractivity contribution < 1.29 is 13.2 Å². The second-order valence-electron chi connectivity index (χ2n) is 2.84. The molecule has 0 spiro atoms. The number of halogens is 3. The van der Waals surface area contributed by atoms with Crippen LogP contribution in [0.1, 0.15) is 17.2 Å². The Morgan fingerprint density at radius 2 is 1.92 bits per heavy atom. The van der Waals surface area contributed by atoms with E-state index in [1.807, 2.05) is 0 Å². The molecule has 72 valence electrons. The second-order valence-corrected chi connectivity index (χ2v) is 2.84. The number of alkyl halides is 2. The third-order valence-electron chi connectivity index (χ3n) is 1.85. The molecule has 0 bridgehead atoms. The average molecular weight is 189 g/mol. The fourth-order valence-electron chi connectivity index (χ4n) is 1.06. The van der Waals surface area contributed by atoms with E-state index in [0.29, 0.717) is 5.56 Å². The minimum atomic E-state index is -2.74. The van der Waals surface area contributed by atoms with Crippen molar-refractivity contribution in [1.29, 1.82) is 0 Å². The number of rotatable bonds is 2. The highest BCUT2D eigenvalue weighted by atomic mass is 19.3. The SMILES string of the molecule is Cc1cccc(C(N)C(F)F)c1F. The molecule has 0 aliphatic rings. The molecule has 0 fully saturated rings. The van der Waals surface area contributed by atoms with Gasteiger partial charge in [-0.15, -0.1) is 0 Å². The maximum Gasteiger partial charge on any atom is 0.257 e. The highest BCUT2D eigenvalue weighted by Gasteiger charge is 2.21. The van der Waals surface area contributed by atoms with E-state index in [-0.39, 0.29) is 5.56 Å². The molecular formula is C9H10F3N. The van der Waals surface area contributed by atoms with Crippen molar-refractivity contribution >= 4 is 0 Å². The van der Waals surface area contributed by atoms with Crippen molar-refractivity contribution in [1.82, 2.24) is 0 Å². The molecule has 0 radical (unpaired) electrons. The van der Waals surface area contributed by atoms with Crippen LogP contribution in [0.2, 0.25) is 0 Å². The lowest BCUT2D eigenvalue weighted by Crippen LogP contribution is -2.20. The Morgan fingerprint density at radius 3 is 2.46 bits per heavy atom. The van der Waals surface area contributed by atoms with Crippen LogP contribution in [-0.4, -0.2) is 6.43 Å². The van der Waals surface area contributed by atoms with Gasteiger partial charge in [-0.05, 0) is 12.5 Å². The van der Waals surface area contributed by atoms with Crippen molar-refractivity contribution in [2.75, 3.05) is 0 Å². The third kappa shape index (κ3) is 2.01. The van der Waals surface area contributed by atoms with Crippen molar-refractivity contribution in [3.8, 4) is 0 Å². The highest BCUT2D eigenvalue weighted by molar-refractivity contribution is 5.27. The van der Waals surface area contributed by atoms with E-state index in [4.69, 9.17) is 5.73 Å². The topological polar surface area (TPSA) is 26.0 Å². The van der Waals surface area contributed by atoms with Crippen LogP contribution < -0.4 is 5.73 Å². The maximum absolute atomic E-state index is 13.2. The zero-order valence-electron chi connectivity index (χ0n) is 7.10. The predicted molar refractivity (Wildman–Crippen MR) is 44.1 cm³/mol. The zero-order chi connectivity index (χ0) is 10.0. The number of nitrogens with two attached hydrogens (primary N) is 1. The maximum atomic E-state index is 13.2. The molecule has 0 aromatic heterocycles. The van der Waals surface area contributed by atoms with Crippen LogP contribution in [0.15, 0.2) is 18.2 Å². The van der Waals surface area contributed by atoms with Crippen LogP contribution in [0.25, 0.3) is 0 Å². The largest absolute Gasteiger partial charge is 0.319 e. The van der Waals surface area contributed by atoms with Gasteiger partial charge in [0.1, 0.15) is 5.82 Å². The summed E-state index contributed by atoms with van der Waals surface area (Å²) in [5, 5.41) is 0. The molecule has 0 amide bonds. The molecule has 4 heteroatoms. The summed E-state index contributed by atoms with van der Waals surface area (Å²) in [6.45, 7) is 1.51. The van der Waals surface area contributed by atoms with Gasteiger partial charge in [-0.2, -0.15) is 0 Å². The minimum absolute atomic E-state index is 0.130. The van der Waals surface area contributed by atoms with Crippen LogP contribution in [0.5, 0.6) is 0 Å². The minimum Gasteiger partial charge on any atom is -0.319 e. The molecule has 1 aromatic carbocycles. The Morgan fingerprint density at radius 1 is 1.31 bits per heavy atom. The Hall–Kier alpha value is -1.03. The summed E-state index contributed by atoms with van der Waals surface area (Å²) in [5.74, 6) is -0.643. The van der Waals surface area contributed by atoms with Gasteiger partial charge < -0.3 is 5.73 Å². The van der Waals surface area contributed by atoms with Crippen molar-refractivity contribution in [2.24, 2.45) is 5.73 Å². The zero-order valence-corrected chi connectivity index (χ0v) is 7.10. The van der Waals surface area contributed by atoms with E-state index in [1.54, 1.807) is 0 Å². The first-order chi connectivity index (χ1) is 6.04. The number of hydrogen-bond acceptors (Lipinski definition) is 1. The predicted octanol–water partition coefficient (Wildman–Crippen LogP) is 2.40. The van der Waals surface area contributed by atoms with Gasteiger partial charge in [0.15, 0.2) is 0 Å². The smallest absolute Gasteiger partial charge is 0.257 e. The molecule has 1 rings (SSSR count). The van der Waals surface area contributed by atoms with Crippen molar-refractivity contribution in [3.63, 3.8) is 0 Å². The lowest BCUT2D eigenvalue weighted by Gasteiger charge is -2.12. The summed E-state index contributed by atoms with van der Waals surface area (Å²) in [6, 6.07) is 2.76. The Bertz CT molecular complexity index is 299. The molecule has 0 heterocycles. The first-order valence-electron chi connectivity index (χ1n) is 3.82. The third-order valence-corrected chi connectivity index (χ3v) is 1.85. The van der Waals surface area contributed by atoms with Gasteiger partial charge in [0, 0.05) is 5.56 Å². The molecule has 1 nitrogen and oxygen atoms in total. The molecular weight excluding hydrogens is 179 g/mol. The number of benzene rings is 1. The van der Waals surface area contributed by atoms with Gasteiger partial charge in [-0.1, -0.05) is 18.2 Å². The van der Waals surface area contributed by atoms with Crippen LogP contribution in [0.4, 0.5) is 13.2 Å². The Balaban J connectivity index is 3.07. The fourth-order valence-corrected chi connectivity index (χ4v) is 1.06. The van der Waals surface area contributed by atoms with Gasteiger partial charge in [0.05, 0.1) is 6.04 Å². The van der Waals surface area contributed by atoms with Crippen LogP contribution >= 0.6 is 0 Å². The van der Waals surface area contributed by atoms with Crippen molar-refractivity contribution in [3.05, 3.63) is 35.1 Å². The monoisotopic (exact) mass is 189 g/mol. The molecule has 0 aliphatic carbocycles. The molecule has 1 atom stereocenters. The van der Waals surface area contributed by atoms with Crippen LogP contribution in [-0.2, 0) is 0 Å². The molecule has 13 heavy (non-hydrogen) atoms. The van der Waals surface area contributed by atoms with E-state index >= 15 is 0 Å². The van der Waals surface area contributed by atoms with E-state index in [1.165, 1.54) is 25.1 Å². The van der Waals surface area contributed by atoms with Gasteiger partial charge in [-0.3, -0.25) is 0 Å². The summed E-state index contributed by atoms with van der Waals surface area (Å²) in [7, 11) is 0. The number of hydrogen-bond donors (Lipinski definition) is 1. The fraction of sp³-hybridized carbons (Fsp3) is 0.333. The van der Waals surface area contributed by atoms with Crippen LogP contribution in [0, 0.1) is 12.7 Å². The molecule has 0 saturated heterocycles. The second kappa shape index (κ2) is 3.79. The number of aryl methyl sites for hydroxylation is 1. The summed E-state index contributed by atoms with van der Waals surface area (Å²) in [5.41, 5.74) is 5.32. The summed E-state index contributed by atoms with van der Waals surface area (Å²) >= 11 is 0. The Labute approximate surface area is 74.4 Å². The van der Waals surface area contributed by atoms with Gasteiger partial charge in [-0.25, -0.2) is 13.2 Å². The molecule has 2 N–H and O–H groups in total. The van der Waals surface area contributed by atoms with E-state index < -0.39 is 18.3 Å². The Kier molecular flexibility index (Phi) is 2.93. The summed E-state index contributed by atoms with van der Waals surface area (Å²) < 4.78 is 37.5. The molecule has 1 unspecified atom stereocenters. The molecule has 1 aromatic rings. The highest BCUT2D eigenvalue weighted by Crippen LogP contribution is 2.22. The molecule has 0 saturated carbocycles. The lowest BCUT2D eigenvalue weighted by atomic mass is 10.0. The van der Waals surface area contributed by atoms with Gasteiger partial charge in [0.2, 0.25) is 0 Å². The first kappa shape index (κ1) is 10.1. The van der Waals surface area contributed by atoms with E-state index in [2.05, 4.69) is 0 Å². The van der Waals surface area contributed by atoms with E-state index in [0.717, 1.165) is 0 Å². The van der Waals surface area contributed by atoms with Gasteiger partial charge in [0.25, 0.3) is 6.43 Å². The van der Waals surface area contributed by atoms with Gasteiger partial charge >= 0.3 is 0 Å². The average Bonchev–Trinajstić information content (AvgIpc) is 2.08. The standard InChI is InChI=1S/C9H10F3N/c1-5-3-2-4-6(7(5)10)8(13)9(11)12/h2-4,8-9H,13H2,1H3. The normalized spacial score (nSPS) is 13.4. The van der Waals surface area contributed by atoms with Crippen molar-refractivity contribution in [2.45, 2.75) is 19.4 Å².